The van der Waals surface area contributed by atoms with Crippen molar-refractivity contribution in [1.29, 1.82) is 0 Å². The number of nitrogens with zero attached hydrogens (tertiary/aromatic N) is 2. The highest BCUT2D eigenvalue weighted by atomic mass is 35.5. The molecule has 2 saturated heterocycles. The molecule has 4 nitrogen and oxygen atoms in total. The van der Waals surface area contributed by atoms with Crippen LogP contribution < -0.4 is 0 Å². The van der Waals surface area contributed by atoms with Gasteiger partial charge in [0.05, 0.1) is 5.38 Å². The molecule has 0 aromatic rings. The van der Waals surface area contributed by atoms with Crippen molar-refractivity contribution in [1.82, 2.24) is 9.80 Å². The molecule has 0 aromatic carbocycles. The standard InChI is InChI=1S/C15H25ClN2O2/c1-10-6-13-11(7-12(10)16)15(8-17(13)2)4-5-18(9-15)14(19)20-3/h7,10,12-14,19H,4-6,8-9H2,1-3H3. The van der Waals surface area contributed by atoms with E-state index in [1.807, 2.05) is 4.90 Å². The third kappa shape index (κ3) is 2.22. The van der Waals surface area contributed by atoms with Crippen LogP contribution in [0.1, 0.15) is 19.8 Å². The van der Waals surface area contributed by atoms with E-state index in [1.165, 1.54) is 5.57 Å². The van der Waals surface area contributed by atoms with Crippen LogP contribution in [0.5, 0.6) is 0 Å². The molecule has 3 rings (SSSR count). The third-order valence-electron chi connectivity index (χ3n) is 5.44. The summed E-state index contributed by atoms with van der Waals surface area (Å²) >= 11 is 6.49. The molecule has 0 saturated carbocycles. The Hall–Kier alpha value is -0.130. The van der Waals surface area contributed by atoms with E-state index in [0.717, 1.165) is 32.5 Å². The lowest BCUT2D eigenvalue weighted by Gasteiger charge is -2.34. The molecule has 114 valence electrons. The highest BCUT2D eigenvalue weighted by Gasteiger charge is 2.53. The van der Waals surface area contributed by atoms with Crippen LogP contribution in [-0.2, 0) is 4.74 Å². The van der Waals surface area contributed by atoms with Crippen LogP contribution in [0.3, 0.4) is 0 Å². The smallest absolute Gasteiger partial charge is 0.215 e. The molecule has 1 spiro atoms. The Morgan fingerprint density at radius 1 is 1.50 bits per heavy atom. The number of fused-ring (bicyclic) bond motifs is 2. The number of rotatable bonds is 2. The van der Waals surface area contributed by atoms with Crippen LogP contribution in [0.15, 0.2) is 11.6 Å². The second-order valence-corrected chi connectivity index (χ2v) is 7.28. The van der Waals surface area contributed by atoms with Crippen LogP contribution in [-0.4, -0.2) is 66.5 Å². The second-order valence-electron chi connectivity index (χ2n) is 6.77. The Balaban J connectivity index is 1.86. The maximum Gasteiger partial charge on any atom is 0.215 e. The number of alkyl halides is 1. The predicted molar refractivity (Wildman–Crippen MR) is 79.6 cm³/mol. The van der Waals surface area contributed by atoms with Crippen LogP contribution in [0.4, 0.5) is 0 Å². The normalized spacial score (nSPS) is 43.9. The largest absolute Gasteiger partial charge is 0.356 e. The van der Waals surface area contributed by atoms with Crippen molar-refractivity contribution < 1.29 is 9.84 Å². The summed E-state index contributed by atoms with van der Waals surface area (Å²) in [6.45, 7) is 5.05. The number of likely N-dealkylation sites (tertiary alicyclic amines) is 2. The first kappa shape index (κ1) is 14.8. The molecular weight excluding hydrogens is 276 g/mol. The molecular formula is C15H25ClN2O2. The fourth-order valence-corrected chi connectivity index (χ4v) is 4.53. The molecule has 0 amide bonds. The molecule has 1 aliphatic carbocycles. The number of hydrogen-bond donors (Lipinski definition) is 1. The lowest BCUT2D eigenvalue weighted by molar-refractivity contribution is -0.171. The van der Waals surface area contributed by atoms with Gasteiger partial charge in [0.2, 0.25) is 6.41 Å². The van der Waals surface area contributed by atoms with Gasteiger partial charge in [-0.05, 0) is 31.4 Å². The third-order valence-corrected chi connectivity index (χ3v) is 6.00. The average molecular weight is 301 g/mol. The highest BCUT2D eigenvalue weighted by Crippen LogP contribution is 2.50. The maximum absolute atomic E-state index is 9.90. The predicted octanol–water partition coefficient (Wildman–Crippen LogP) is 1.49. The second kappa shape index (κ2) is 5.25. The van der Waals surface area contributed by atoms with E-state index < -0.39 is 6.41 Å². The van der Waals surface area contributed by atoms with E-state index in [0.29, 0.717) is 12.0 Å². The number of halogens is 1. The molecule has 2 fully saturated rings. The van der Waals surface area contributed by atoms with Gasteiger partial charge in [0, 0.05) is 38.2 Å². The van der Waals surface area contributed by atoms with Gasteiger partial charge in [-0.3, -0.25) is 9.80 Å². The lowest BCUT2D eigenvalue weighted by Crippen LogP contribution is -2.38. The molecule has 1 N–H and O–H groups in total. The zero-order valence-corrected chi connectivity index (χ0v) is 13.3. The number of ether oxygens (including phenoxy) is 1. The minimum absolute atomic E-state index is 0.144. The Bertz CT molecular complexity index is 417. The summed E-state index contributed by atoms with van der Waals surface area (Å²) in [7, 11) is 3.76. The molecule has 0 aromatic heterocycles. The Kier molecular flexibility index (Phi) is 3.89. The fourth-order valence-electron chi connectivity index (χ4n) is 4.29. The molecule has 3 aliphatic rings. The summed E-state index contributed by atoms with van der Waals surface area (Å²) in [5, 5.41) is 10.0. The van der Waals surface area contributed by atoms with Crippen molar-refractivity contribution in [3.8, 4) is 0 Å². The summed E-state index contributed by atoms with van der Waals surface area (Å²) in [6.07, 6.45) is 3.74. The van der Waals surface area contributed by atoms with Crippen molar-refractivity contribution in [3.63, 3.8) is 0 Å². The molecule has 0 radical (unpaired) electrons. The van der Waals surface area contributed by atoms with Crippen molar-refractivity contribution >= 4 is 11.6 Å². The molecule has 2 aliphatic heterocycles. The number of likely N-dealkylation sites (N-methyl/N-ethyl adjacent to an activating group) is 1. The van der Waals surface area contributed by atoms with Gasteiger partial charge < -0.3 is 9.84 Å². The SMILES string of the molecule is COC(O)N1CCC2(CN(C)C3CC(C)C(Cl)C=C32)C1. The minimum atomic E-state index is -0.784. The number of allylic oxidation sites excluding steroid dienone is 1. The first-order chi connectivity index (χ1) is 9.47. The molecule has 5 atom stereocenters. The summed E-state index contributed by atoms with van der Waals surface area (Å²) < 4.78 is 5.06. The maximum atomic E-state index is 9.90. The van der Waals surface area contributed by atoms with Gasteiger partial charge in [-0.15, -0.1) is 11.6 Å². The van der Waals surface area contributed by atoms with Crippen LogP contribution in [0, 0.1) is 11.3 Å². The Morgan fingerprint density at radius 2 is 2.25 bits per heavy atom. The van der Waals surface area contributed by atoms with Crippen molar-refractivity contribution in [3.05, 3.63) is 11.6 Å². The highest BCUT2D eigenvalue weighted by molar-refractivity contribution is 6.22. The van der Waals surface area contributed by atoms with Gasteiger partial charge in [-0.2, -0.15) is 0 Å². The monoisotopic (exact) mass is 300 g/mol. The van der Waals surface area contributed by atoms with Crippen molar-refractivity contribution in [2.45, 2.75) is 37.6 Å². The molecule has 5 unspecified atom stereocenters. The first-order valence-corrected chi connectivity index (χ1v) is 7.92. The minimum Gasteiger partial charge on any atom is -0.356 e. The van der Waals surface area contributed by atoms with Crippen LogP contribution in [0.25, 0.3) is 0 Å². The van der Waals surface area contributed by atoms with Crippen LogP contribution >= 0.6 is 11.6 Å². The molecule has 20 heavy (non-hydrogen) atoms. The van der Waals surface area contributed by atoms with E-state index in [-0.39, 0.29) is 10.8 Å². The van der Waals surface area contributed by atoms with Gasteiger partial charge in [-0.1, -0.05) is 13.0 Å². The number of aliphatic hydroxyl groups is 1. The molecule has 5 heteroatoms. The van der Waals surface area contributed by atoms with E-state index in [1.54, 1.807) is 7.11 Å². The van der Waals surface area contributed by atoms with E-state index in [2.05, 4.69) is 24.9 Å². The van der Waals surface area contributed by atoms with Crippen LogP contribution in [0.2, 0.25) is 0 Å². The molecule has 2 heterocycles. The summed E-state index contributed by atoms with van der Waals surface area (Å²) in [5.41, 5.74) is 1.66. The zero-order chi connectivity index (χ0) is 14.5. The number of methoxy groups -OCH3 is 1. The molecule has 0 bridgehead atoms. The average Bonchev–Trinajstić information content (AvgIpc) is 2.95. The number of hydrogen-bond acceptors (Lipinski definition) is 4. The summed E-state index contributed by atoms with van der Waals surface area (Å²) in [6, 6.07) is 0.527. The van der Waals surface area contributed by atoms with Crippen molar-refractivity contribution in [2.24, 2.45) is 11.3 Å². The quantitative estimate of drug-likeness (QED) is 0.476. The number of aliphatic hydroxyl groups excluding tert-OH is 1. The van der Waals surface area contributed by atoms with Gasteiger partial charge in [0.15, 0.2) is 0 Å². The summed E-state index contributed by atoms with van der Waals surface area (Å²) in [5.74, 6) is 0.532. The van der Waals surface area contributed by atoms with Gasteiger partial charge in [0.1, 0.15) is 0 Å². The Morgan fingerprint density at radius 3 is 2.95 bits per heavy atom. The van der Waals surface area contributed by atoms with E-state index in [4.69, 9.17) is 16.3 Å². The fraction of sp³-hybridized carbons (Fsp3) is 0.867. The zero-order valence-electron chi connectivity index (χ0n) is 12.6. The summed E-state index contributed by atoms with van der Waals surface area (Å²) in [4.78, 5) is 4.49. The van der Waals surface area contributed by atoms with Gasteiger partial charge >= 0.3 is 0 Å². The lowest BCUT2D eigenvalue weighted by atomic mass is 9.74. The van der Waals surface area contributed by atoms with Crippen molar-refractivity contribution in [2.75, 3.05) is 33.8 Å². The van der Waals surface area contributed by atoms with Gasteiger partial charge in [0.25, 0.3) is 0 Å². The first-order valence-electron chi connectivity index (χ1n) is 7.48. The van der Waals surface area contributed by atoms with Gasteiger partial charge in [-0.25, -0.2) is 0 Å². The van der Waals surface area contributed by atoms with E-state index in [9.17, 15) is 5.11 Å². The topological polar surface area (TPSA) is 35.9 Å². The van der Waals surface area contributed by atoms with E-state index >= 15 is 0 Å². The Labute approximate surface area is 126 Å².